The second kappa shape index (κ2) is 9.22. The van der Waals surface area contributed by atoms with Crippen molar-refractivity contribution in [1.29, 1.82) is 0 Å². The summed E-state index contributed by atoms with van der Waals surface area (Å²) in [7, 11) is 0. The van der Waals surface area contributed by atoms with Crippen LogP contribution in [0.15, 0.2) is 18.2 Å². The second-order valence-corrected chi connectivity index (χ2v) is 8.41. The molecule has 2 aliphatic heterocycles. The number of hydrogen-bond donors (Lipinski definition) is 2. The number of anilines is 2. The zero-order valence-electron chi connectivity index (χ0n) is 17.8. The van der Waals surface area contributed by atoms with Gasteiger partial charge in [0.1, 0.15) is 11.9 Å². The smallest absolute Gasteiger partial charge is 0.416 e. The van der Waals surface area contributed by atoms with Crippen LogP contribution in [0.1, 0.15) is 48.2 Å². The summed E-state index contributed by atoms with van der Waals surface area (Å²) in [6.07, 6.45) is -3.91. The minimum absolute atomic E-state index is 0.00135. The summed E-state index contributed by atoms with van der Waals surface area (Å²) in [5.41, 5.74) is 6.38. The number of nitrogen functional groups attached to an aromatic ring is 1. The van der Waals surface area contributed by atoms with Crippen LogP contribution < -0.4 is 11.1 Å². The Hall–Kier alpha value is -2.79. The fourth-order valence-electron chi connectivity index (χ4n) is 3.86. The molecule has 2 aromatic rings. The van der Waals surface area contributed by atoms with Crippen LogP contribution in [0.25, 0.3) is 0 Å². The molecule has 33 heavy (non-hydrogen) atoms. The Morgan fingerprint density at radius 3 is 2.70 bits per heavy atom. The van der Waals surface area contributed by atoms with E-state index in [2.05, 4.69) is 15.3 Å². The van der Waals surface area contributed by atoms with Crippen molar-refractivity contribution in [3.8, 4) is 0 Å². The summed E-state index contributed by atoms with van der Waals surface area (Å²) in [5.74, 6) is 0.342. The summed E-state index contributed by atoms with van der Waals surface area (Å²) in [5, 5.41) is 3.06. The number of carbonyl (C=O) groups is 1. The number of ether oxygens (including phenoxy) is 2. The number of benzene rings is 1. The molecule has 2 aliphatic rings. The van der Waals surface area contributed by atoms with Crippen molar-refractivity contribution < 1.29 is 27.4 Å². The highest BCUT2D eigenvalue weighted by Crippen LogP contribution is 2.35. The first-order valence-electron chi connectivity index (χ1n) is 10.4. The van der Waals surface area contributed by atoms with Crippen LogP contribution in [0, 0.1) is 0 Å². The van der Waals surface area contributed by atoms with E-state index in [1.54, 1.807) is 6.92 Å². The number of nitrogens with one attached hydrogen (secondary N) is 1. The van der Waals surface area contributed by atoms with Crippen LogP contribution in [0.4, 0.5) is 29.5 Å². The molecule has 1 atom stereocenters. The van der Waals surface area contributed by atoms with E-state index >= 15 is 0 Å². The van der Waals surface area contributed by atoms with Crippen LogP contribution >= 0.6 is 11.6 Å². The normalized spacial score (nSPS) is 17.5. The van der Waals surface area contributed by atoms with Gasteiger partial charge in [-0.1, -0.05) is 0 Å². The van der Waals surface area contributed by atoms with Gasteiger partial charge in [0.25, 0.3) is 0 Å². The Morgan fingerprint density at radius 2 is 2.00 bits per heavy atom. The highest BCUT2D eigenvalue weighted by molar-refractivity contribution is 6.28. The maximum absolute atomic E-state index is 13.2. The van der Waals surface area contributed by atoms with Crippen molar-refractivity contribution in [3.63, 3.8) is 0 Å². The summed E-state index contributed by atoms with van der Waals surface area (Å²) < 4.78 is 50.4. The first kappa shape index (κ1) is 23.4. The molecular weight excluding hydrogens is 463 g/mol. The van der Waals surface area contributed by atoms with E-state index < -0.39 is 23.9 Å². The van der Waals surface area contributed by atoms with Gasteiger partial charge < -0.3 is 20.5 Å². The molecule has 3 N–H and O–H groups in total. The molecule has 12 heteroatoms. The summed E-state index contributed by atoms with van der Waals surface area (Å²) in [6.45, 7) is 3.16. The molecule has 8 nitrogen and oxygen atoms in total. The molecule has 0 saturated carbocycles. The molecular formula is C21H23ClF3N5O3. The van der Waals surface area contributed by atoms with Gasteiger partial charge in [0.05, 0.1) is 43.6 Å². The molecule has 1 amide bonds. The fourth-order valence-corrected chi connectivity index (χ4v) is 4.05. The van der Waals surface area contributed by atoms with Gasteiger partial charge in [-0.2, -0.15) is 13.2 Å². The van der Waals surface area contributed by atoms with Crippen molar-refractivity contribution >= 4 is 29.2 Å². The summed E-state index contributed by atoms with van der Waals surface area (Å²) in [6, 6.07) is 2.81. The van der Waals surface area contributed by atoms with Gasteiger partial charge in [0.15, 0.2) is 0 Å². The molecule has 0 spiro atoms. The van der Waals surface area contributed by atoms with E-state index in [0.29, 0.717) is 48.7 Å². The molecule has 1 aromatic heterocycles. The Balaban J connectivity index is 1.51. The van der Waals surface area contributed by atoms with Crippen molar-refractivity contribution in [3.05, 3.63) is 45.9 Å². The molecule has 0 bridgehead atoms. The SMILES string of the molecule is C[C@@H](Nc1nc(Cl)nc2c1CN(C(=O)OC1CCOCC1)C2)c1cc(N)cc(C(F)(F)F)c1. The Morgan fingerprint density at radius 1 is 1.27 bits per heavy atom. The highest BCUT2D eigenvalue weighted by atomic mass is 35.5. The molecule has 0 radical (unpaired) electrons. The lowest BCUT2D eigenvalue weighted by atomic mass is 10.0. The van der Waals surface area contributed by atoms with Gasteiger partial charge in [0, 0.05) is 24.1 Å². The van der Waals surface area contributed by atoms with Gasteiger partial charge in [0.2, 0.25) is 5.28 Å². The fraction of sp³-hybridized carbons (Fsp3) is 0.476. The van der Waals surface area contributed by atoms with Gasteiger partial charge in [-0.25, -0.2) is 14.8 Å². The Bertz CT molecular complexity index is 1050. The topological polar surface area (TPSA) is 103 Å². The van der Waals surface area contributed by atoms with Crippen molar-refractivity contribution in [1.82, 2.24) is 14.9 Å². The van der Waals surface area contributed by atoms with Gasteiger partial charge >= 0.3 is 12.3 Å². The second-order valence-electron chi connectivity index (χ2n) is 8.07. The molecule has 3 heterocycles. The number of nitrogens with two attached hydrogens (primary N) is 1. The van der Waals surface area contributed by atoms with Crippen LogP contribution in [0.3, 0.4) is 0 Å². The molecule has 1 aromatic carbocycles. The number of amides is 1. The number of halogens is 4. The van der Waals surface area contributed by atoms with Crippen LogP contribution in [-0.4, -0.2) is 40.3 Å². The number of alkyl halides is 3. The number of nitrogens with zero attached hydrogens (tertiary/aromatic N) is 3. The van der Waals surface area contributed by atoms with Gasteiger partial charge in [-0.05, 0) is 42.3 Å². The molecule has 178 valence electrons. The zero-order valence-corrected chi connectivity index (χ0v) is 18.5. The molecule has 1 fully saturated rings. The van der Waals surface area contributed by atoms with Crippen LogP contribution in [0.5, 0.6) is 0 Å². The Kier molecular flexibility index (Phi) is 6.53. The monoisotopic (exact) mass is 485 g/mol. The molecule has 4 rings (SSSR count). The average Bonchev–Trinajstić information content (AvgIpc) is 3.18. The van der Waals surface area contributed by atoms with Gasteiger partial charge in [-0.3, -0.25) is 4.90 Å². The first-order valence-corrected chi connectivity index (χ1v) is 10.8. The lowest BCUT2D eigenvalue weighted by molar-refractivity contribution is -0.137. The molecule has 0 unspecified atom stereocenters. The van der Waals surface area contributed by atoms with Crippen molar-refractivity contribution in [2.45, 2.75) is 51.2 Å². The lowest BCUT2D eigenvalue weighted by Gasteiger charge is -2.25. The summed E-state index contributed by atoms with van der Waals surface area (Å²) >= 11 is 6.07. The first-order chi connectivity index (χ1) is 15.6. The lowest BCUT2D eigenvalue weighted by Crippen LogP contribution is -2.33. The predicted octanol–water partition coefficient (Wildman–Crippen LogP) is 4.54. The quantitative estimate of drug-likeness (QED) is 0.484. The largest absolute Gasteiger partial charge is 0.446 e. The predicted molar refractivity (Wildman–Crippen MR) is 115 cm³/mol. The number of rotatable bonds is 4. The van der Waals surface area contributed by atoms with Crippen LogP contribution in [0.2, 0.25) is 5.28 Å². The zero-order chi connectivity index (χ0) is 23.8. The van der Waals surface area contributed by atoms with E-state index in [1.165, 1.54) is 11.0 Å². The average molecular weight is 486 g/mol. The van der Waals surface area contributed by atoms with Gasteiger partial charge in [-0.15, -0.1) is 0 Å². The summed E-state index contributed by atoms with van der Waals surface area (Å²) in [4.78, 5) is 22.5. The van der Waals surface area contributed by atoms with E-state index in [4.69, 9.17) is 26.8 Å². The van der Waals surface area contributed by atoms with Crippen molar-refractivity contribution in [2.75, 3.05) is 24.3 Å². The third-order valence-electron chi connectivity index (χ3n) is 5.61. The number of fused-ring (bicyclic) bond motifs is 1. The maximum atomic E-state index is 13.2. The highest BCUT2D eigenvalue weighted by Gasteiger charge is 2.33. The van der Waals surface area contributed by atoms with E-state index in [1.807, 2.05) is 0 Å². The van der Waals surface area contributed by atoms with Crippen LogP contribution in [-0.2, 0) is 28.7 Å². The number of aromatic nitrogens is 2. The molecule has 0 aliphatic carbocycles. The van der Waals surface area contributed by atoms with Crippen molar-refractivity contribution in [2.24, 2.45) is 0 Å². The number of carbonyl (C=O) groups excluding carboxylic acids is 1. The minimum Gasteiger partial charge on any atom is -0.446 e. The maximum Gasteiger partial charge on any atom is 0.416 e. The third-order valence-corrected chi connectivity index (χ3v) is 5.78. The van der Waals surface area contributed by atoms with E-state index in [-0.39, 0.29) is 30.2 Å². The molecule has 1 saturated heterocycles. The standard InChI is InChI=1S/C21H23ClF3N5O3/c1-11(12-6-13(21(23,24)25)8-14(26)7-12)27-18-16-9-30(10-17(16)28-19(22)29-18)20(31)33-15-2-4-32-5-3-15/h6-8,11,15H,2-5,9-10,26H2,1H3,(H,27,28,29)/t11-/m1/s1. The third kappa shape index (κ3) is 5.41. The van der Waals surface area contributed by atoms with E-state index in [9.17, 15) is 18.0 Å². The number of hydrogen-bond acceptors (Lipinski definition) is 7. The Labute approximate surface area is 193 Å². The minimum atomic E-state index is -4.52. The van der Waals surface area contributed by atoms with E-state index in [0.717, 1.165) is 12.1 Å².